The lowest BCUT2D eigenvalue weighted by Gasteiger charge is -2.28. The number of nitrogens with zero attached hydrogens (tertiary/aromatic N) is 4. The number of nitrogens with one attached hydrogen (secondary N) is 1. The Balaban J connectivity index is 1.33. The zero-order chi connectivity index (χ0) is 28.6. The molecule has 0 atom stereocenters. The fourth-order valence-electron chi connectivity index (χ4n) is 4.24. The van der Waals surface area contributed by atoms with Crippen molar-refractivity contribution in [3.05, 3.63) is 143 Å². The van der Waals surface area contributed by atoms with E-state index in [1.807, 2.05) is 48.5 Å². The second-order valence-electron chi connectivity index (χ2n) is 9.64. The molecule has 1 aliphatic rings. The molecule has 1 N–H and O–H groups in total. The number of benzene rings is 3. The van der Waals surface area contributed by atoms with Crippen LogP contribution in [0.1, 0.15) is 32.6 Å². The predicted molar refractivity (Wildman–Crippen MR) is 166 cm³/mol. The zero-order valence-corrected chi connectivity index (χ0v) is 23.9. The highest BCUT2D eigenvalue weighted by molar-refractivity contribution is 8.13. The first kappa shape index (κ1) is 27.9. The third-order valence-electron chi connectivity index (χ3n) is 6.61. The van der Waals surface area contributed by atoms with Gasteiger partial charge in [-0.1, -0.05) is 60.3 Å². The standard InChI is InChI=1S/C33H31N5O2S/c1-23-4-6-26(7-5-23)21-41-33-37-24(2)29(16-27-17-34-22-35-18-27)20-38(33)30-12-10-28(11-13-30)32(39)36-19-25-8-14-31(40-3)15-9-25/h4-15,17-18,20,22H,2,16,19,21H2,1,3H3,(H,36,39). The minimum absolute atomic E-state index is 0.137. The topological polar surface area (TPSA) is 79.7 Å². The molecule has 2 heterocycles. The van der Waals surface area contributed by atoms with Gasteiger partial charge in [0.05, 0.1) is 12.8 Å². The third kappa shape index (κ3) is 7.29. The summed E-state index contributed by atoms with van der Waals surface area (Å²) >= 11 is 1.65. The first-order valence-electron chi connectivity index (χ1n) is 13.2. The molecule has 1 amide bonds. The van der Waals surface area contributed by atoms with Gasteiger partial charge in [0.25, 0.3) is 5.91 Å². The summed E-state index contributed by atoms with van der Waals surface area (Å²) in [5, 5.41) is 3.81. The van der Waals surface area contributed by atoms with Crippen LogP contribution < -0.4 is 15.0 Å². The zero-order valence-electron chi connectivity index (χ0n) is 23.1. The molecule has 3 aromatic carbocycles. The number of aromatic nitrogens is 2. The van der Waals surface area contributed by atoms with Gasteiger partial charge in [0.15, 0.2) is 5.17 Å². The Morgan fingerprint density at radius 2 is 1.61 bits per heavy atom. The molecule has 0 radical (unpaired) electrons. The van der Waals surface area contributed by atoms with Crippen molar-refractivity contribution in [1.82, 2.24) is 15.3 Å². The van der Waals surface area contributed by atoms with Gasteiger partial charge in [-0.25, -0.2) is 15.0 Å². The van der Waals surface area contributed by atoms with Gasteiger partial charge in [-0.15, -0.1) is 0 Å². The Bertz CT molecular complexity index is 1570. The average molecular weight is 562 g/mol. The lowest BCUT2D eigenvalue weighted by atomic mass is 10.1. The molecule has 1 aliphatic heterocycles. The van der Waals surface area contributed by atoms with Crippen LogP contribution in [0.5, 0.6) is 5.75 Å². The maximum absolute atomic E-state index is 12.9. The van der Waals surface area contributed by atoms with Crippen LogP contribution in [0.4, 0.5) is 5.69 Å². The summed E-state index contributed by atoms with van der Waals surface area (Å²) < 4.78 is 5.20. The van der Waals surface area contributed by atoms with Crippen LogP contribution in [-0.2, 0) is 18.7 Å². The number of carbonyl (C=O) groups excluding carboxylic acids is 1. The summed E-state index contributed by atoms with van der Waals surface area (Å²) in [4.78, 5) is 28.1. The molecule has 8 heteroatoms. The SMILES string of the molecule is C=C1N=C(SCc2ccc(C)cc2)N(c2ccc(C(=O)NCc3ccc(OC)cc3)cc2)C=C1Cc1cncnc1. The van der Waals surface area contributed by atoms with E-state index in [0.29, 0.717) is 24.2 Å². The normalized spacial score (nSPS) is 12.9. The Morgan fingerprint density at radius 3 is 2.29 bits per heavy atom. The predicted octanol–water partition coefficient (Wildman–Crippen LogP) is 6.47. The molecule has 0 saturated heterocycles. The number of amides is 1. The molecule has 0 spiro atoms. The first-order valence-corrected chi connectivity index (χ1v) is 14.2. The molecular weight excluding hydrogens is 530 g/mol. The molecule has 0 unspecified atom stereocenters. The van der Waals surface area contributed by atoms with Crippen molar-refractivity contribution in [3.63, 3.8) is 0 Å². The number of allylic oxidation sites excluding steroid dienone is 1. The summed E-state index contributed by atoms with van der Waals surface area (Å²) in [5.41, 5.74) is 7.60. The molecule has 0 bridgehead atoms. The van der Waals surface area contributed by atoms with Crippen LogP contribution in [0, 0.1) is 6.92 Å². The summed E-state index contributed by atoms with van der Waals surface area (Å²) in [6.07, 6.45) is 7.80. The number of aryl methyl sites for hydroxylation is 1. The van der Waals surface area contributed by atoms with Crippen molar-refractivity contribution in [1.29, 1.82) is 0 Å². The van der Waals surface area contributed by atoms with Gasteiger partial charge >= 0.3 is 0 Å². The fourth-order valence-corrected chi connectivity index (χ4v) is 5.20. The van der Waals surface area contributed by atoms with E-state index in [1.165, 1.54) is 17.5 Å². The molecule has 1 aromatic heterocycles. The lowest BCUT2D eigenvalue weighted by Crippen LogP contribution is -2.27. The largest absolute Gasteiger partial charge is 0.497 e. The van der Waals surface area contributed by atoms with Gasteiger partial charge in [-0.2, -0.15) is 0 Å². The molecule has 206 valence electrons. The maximum Gasteiger partial charge on any atom is 0.251 e. The van der Waals surface area contributed by atoms with E-state index in [4.69, 9.17) is 9.73 Å². The summed E-state index contributed by atoms with van der Waals surface area (Å²) in [5.74, 6) is 1.42. The van der Waals surface area contributed by atoms with Crippen LogP contribution in [0.15, 0.2) is 121 Å². The number of ether oxygens (including phenoxy) is 1. The van der Waals surface area contributed by atoms with Gasteiger partial charge in [-0.3, -0.25) is 9.69 Å². The van der Waals surface area contributed by atoms with E-state index in [2.05, 4.69) is 64.2 Å². The Morgan fingerprint density at radius 1 is 0.927 bits per heavy atom. The summed E-state index contributed by atoms with van der Waals surface area (Å²) in [7, 11) is 1.63. The average Bonchev–Trinajstić information content (AvgIpc) is 3.01. The molecule has 0 aliphatic carbocycles. The second-order valence-corrected chi connectivity index (χ2v) is 10.6. The van der Waals surface area contributed by atoms with Gasteiger partial charge in [0.1, 0.15) is 12.1 Å². The number of hydrogen-bond acceptors (Lipinski definition) is 7. The quantitative estimate of drug-likeness (QED) is 0.252. The molecule has 0 saturated carbocycles. The Kier molecular flexibility index (Phi) is 8.91. The monoisotopic (exact) mass is 561 g/mol. The van der Waals surface area contributed by atoms with E-state index < -0.39 is 0 Å². The number of carbonyl (C=O) groups is 1. The minimum Gasteiger partial charge on any atom is -0.497 e. The summed E-state index contributed by atoms with van der Waals surface area (Å²) in [6.45, 7) is 6.75. The van der Waals surface area contributed by atoms with Gasteiger partial charge < -0.3 is 10.1 Å². The molecule has 0 fully saturated rings. The van der Waals surface area contributed by atoms with Crippen molar-refractivity contribution < 1.29 is 9.53 Å². The number of methoxy groups -OCH3 is 1. The fraction of sp³-hybridized carbons (Fsp3) is 0.152. The van der Waals surface area contributed by atoms with Crippen molar-refractivity contribution in [2.24, 2.45) is 4.99 Å². The van der Waals surface area contributed by atoms with Crippen LogP contribution >= 0.6 is 11.8 Å². The Labute approximate surface area is 244 Å². The smallest absolute Gasteiger partial charge is 0.251 e. The van der Waals surface area contributed by atoms with Crippen LogP contribution in [0.25, 0.3) is 0 Å². The number of rotatable bonds is 9. The highest BCUT2D eigenvalue weighted by atomic mass is 32.2. The van der Waals surface area contributed by atoms with Crippen molar-refractivity contribution in [2.45, 2.75) is 25.6 Å². The molecular formula is C33H31N5O2S. The van der Waals surface area contributed by atoms with Crippen molar-refractivity contribution in [2.75, 3.05) is 12.0 Å². The molecule has 7 nitrogen and oxygen atoms in total. The minimum atomic E-state index is -0.137. The number of amidine groups is 1. The van der Waals surface area contributed by atoms with Gasteiger partial charge in [0, 0.05) is 48.6 Å². The highest BCUT2D eigenvalue weighted by Gasteiger charge is 2.21. The Hall–Kier alpha value is -4.69. The van der Waals surface area contributed by atoms with Crippen LogP contribution in [0.3, 0.4) is 0 Å². The molecule has 5 rings (SSSR count). The van der Waals surface area contributed by atoms with Crippen LogP contribution in [-0.4, -0.2) is 28.2 Å². The number of aliphatic imine (C=N–C) groups is 1. The third-order valence-corrected chi connectivity index (χ3v) is 7.63. The van der Waals surface area contributed by atoms with Crippen molar-refractivity contribution >= 4 is 28.5 Å². The molecule has 41 heavy (non-hydrogen) atoms. The summed E-state index contributed by atoms with van der Waals surface area (Å²) in [6, 6.07) is 23.7. The first-order chi connectivity index (χ1) is 20.0. The van der Waals surface area contributed by atoms with E-state index >= 15 is 0 Å². The van der Waals surface area contributed by atoms with Crippen molar-refractivity contribution in [3.8, 4) is 5.75 Å². The van der Waals surface area contributed by atoms with E-state index in [0.717, 1.165) is 39.1 Å². The molecule has 4 aromatic rings. The number of anilines is 1. The van der Waals surface area contributed by atoms with E-state index in [1.54, 1.807) is 31.3 Å². The van der Waals surface area contributed by atoms with Crippen LogP contribution in [0.2, 0.25) is 0 Å². The number of thioether (sulfide) groups is 1. The van der Waals surface area contributed by atoms with E-state index in [9.17, 15) is 4.79 Å². The highest BCUT2D eigenvalue weighted by Crippen LogP contribution is 2.31. The lowest BCUT2D eigenvalue weighted by molar-refractivity contribution is 0.0951. The second kappa shape index (κ2) is 13.1. The maximum atomic E-state index is 12.9. The van der Waals surface area contributed by atoms with Gasteiger partial charge in [-0.05, 0) is 65.6 Å². The van der Waals surface area contributed by atoms with Gasteiger partial charge in [0.2, 0.25) is 0 Å². The van der Waals surface area contributed by atoms with E-state index in [-0.39, 0.29) is 5.91 Å². The number of hydrogen-bond donors (Lipinski definition) is 1.